The number of hydrogen-bond acceptors (Lipinski definition) is 1. The number of hydrogen-bond donors (Lipinski definition) is 1. The highest BCUT2D eigenvalue weighted by molar-refractivity contribution is 6.31. The Labute approximate surface area is 114 Å². The monoisotopic (exact) mass is 259 g/mol. The average molecular weight is 260 g/mol. The molecule has 0 amide bonds. The minimum Gasteiger partial charge on any atom is -0.313 e. The lowest BCUT2D eigenvalue weighted by Gasteiger charge is -2.18. The zero-order valence-electron chi connectivity index (χ0n) is 10.8. The molecule has 0 heterocycles. The van der Waals surface area contributed by atoms with E-state index in [-0.39, 0.29) is 0 Å². The molecular formula is C16H18ClN. The minimum absolute atomic E-state index is 0.296. The Bertz CT molecular complexity index is 522. The van der Waals surface area contributed by atoms with Crippen LogP contribution in [0.1, 0.15) is 22.7 Å². The Hall–Kier alpha value is -1.31. The van der Waals surface area contributed by atoms with E-state index in [1.54, 1.807) is 0 Å². The molecule has 0 aliphatic rings. The molecule has 0 radical (unpaired) electrons. The molecule has 0 saturated heterocycles. The van der Waals surface area contributed by atoms with Crippen molar-refractivity contribution >= 4 is 11.6 Å². The molecule has 0 bridgehead atoms. The second kappa shape index (κ2) is 6.03. The van der Waals surface area contributed by atoms with E-state index in [2.05, 4.69) is 42.6 Å². The largest absolute Gasteiger partial charge is 0.313 e. The smallest absolute Gasteiger partial charge is 0.0438 e. The molecule has 0 aliphatic heterocycles. The fourth-order valence-electron chi connectivity index (χ4n) is 2.16. The van der Waals surface area contributed by atoms with Crippen molar-refractivity contribution in [3.05, 3.63) is 70.2 Å². The van der Waals surface area contributed by atoms with Crippen molar-refractivity contribution in [2.24, 2.45) is 0 Å². The molecule has 2 rings (SSSR count). The van der Waals surface area contributed by atoms with Gasteiger partial charge in [-0.1, -0.05) is 59.6 Å². The fourth-order valence-corrected chi connectivity index (χ4v) is 2.37. The summed E-state index contributed by atoms with van der Waals surface area (Å²) >= 11 is 6.22. The summed E-state index contributed by atoms with van der Waals surface area (Å²) in [6.45, 7) is 2.12. The molecular weight excluding hydrogens is 242 g/mol. The van der Waals surface area contributed by atoms with Crippen LogP contribution in [0.15, 0.2) is 48.5 Å². The summed E-state index contributed by atoms with van der Waals surface area (Å²) in [5.41, 5.74) is 3.77. The van der Waals surface area contributed by atoms with Crippen molar-refractivity contribution in [1.29, 1.82) is 0 Å². The summed E-state index contributed by atoms with van der Waals surface area (Å²) in [6.07, 6.45) is 0.902. The normalized spacial score (nSPS) is 12.4. The van der Waals surface area contributed by atoms with E-state index in [1.165, 1.54) is 16.7 Å². The summed E-state index contributed by atoms with van der Waals surface area (Å²) in [6, 6.07) is 16.9. The van der Waals surface area contributed by atoms with Crippen LogP contribution in [0, 0.1) is 6.92 Å². The Kier molecular flexibility index (Phi) is 4.40. The van der Waals surface area contributed by atoms with Gasteiger partial charge in [0.15, 0.2) is 0 Å². The van der Waals surface area contributed by atoms with E-state index in [0.29, 0.717) is 6.04 Å². The molecule has 1 unspecified atom stereocenters. The molecule has 1 nitrogen and oxygen atoms in total. The van der Waals surface area contributed by atoms with Gasteiger partial charge >= 0.3 is 0 Å². The Balaban J connectivity index is 2.23. The summed E-state index contributed by atoms with van der Waals surface area (Å²) in [5, 5.41) is 4.20. The van der Waals surface area contributed by atoms with Crippen LogP contribution in [-0.2, 0) is 6.42 Å². The first-order chi connectivity index (χ1) is 8.70. The molecule has 2 aromatic carbocycles. The third kappa shape index (κ3) is 3.12. The molecule has 94 valence electrons. The van der Waals surface area contributed by atoms with Gasteiger partial charge in [-0.2, -0.15) is 0 Å². The van der Waals surface area contributed by atoms with Gasteiger partial charge in [0.05, 0.1) is 0 Å². The first-order valence-corrected chi connectivity index (χ1v) is 6.55. The van der Waals surface area contributed by atoms with E-state index >= 15 is 0 Å². The van der Waals surface area contributed by atoms with Crippen molar-refractivity contribution in [2.45, 2.75) is 19.4 Å². The van der Waals surface area contributed by atoms with Crippen molar-refractivity contribution in [2.75, 3.05) is 7.05 Å². The standard InChI is InChI=1S/C16H18ClN/c1-12-6-5-8-14(10-12)16(18-2)11-13-7-3-4-9-15(13)17/h3-10,16,18H,11H2,1-2H3. The highest BCUT2D eigenvalue weighted by Crippen LogP contribution is 2.23. The topological polar surface area (TPSA) is 12.0 Å². The SMILES string of the molecule is CNC(Cc1ccccc1Cl)c1cccc(C)c1. The number of rotatable bonds is 4. The van der Waals surface area contributed by atoms with Crippen LogP contribution >= 0.6 is 11.6 Å². The van der Waals surface area contributed by atoms with Gasteiger partial charge in [0.1, 0.15) is 0 Å². The van der Waals surface area contributed by atoms with Gasteiger partial charge in [-0.05, 0) is 37.6 Å². The van der Waals surface area contributed by atoms with Gasteiger partial charge in [-0.15, -0.1) is 0 Å². The zero-order chi connectivity index (χ0) is 13.0. The lowest BCUT2D eigenvalue weighted by molar-refractivity contribution is 0.592. The third-order valence-electron chi connectivity index (χ3n) is 3.17. The Morgan fingerprint density at radius 3 is 2.56 bits per heavy atom. The van der Waals surface area contributed by atoms with E-state index in [9.17, 15) is 0 Å². The number of benzene rings is 2. The van der Waals surface area contributed by atoms with E-state index in [1.807, 2.05) is 25.2 Å². The van der Waals surface area contributed by atoms with Gasteiger partial charge < -0.3 is 5.32 Å². The maximum absolute atomic E-state index is 6.22. The van der Waals surface area contributed by atoms with Crippen LogP contribution in [0.25, 0.3) is 0 Å². The second-order valence-corrected chi connectivity index (χ2v) is 4.96. The van der Waals surface area contributed by atoms with Gasteiger partial charge in [0, 0.05) is 11.1 Å². The van der Waals surface area contributed by atoms with Crippen LogP contribution in [0.5, 0.6) is 0 Å². The summed E-state index contributed by atoms with van der Waals surface area (Å²) in [5.74, 6) is 0. The maximum Gasteiger partial charge on any atom is 0.0438 e. The van der Waals surface area contributed by atoms with Crippen LogP contribution in [0.2, 0.25) is 5.02 Å². The van der Waals surface area contributed by atoms with E-state index in [0.717, 1.165) is 11.4 Å². The molecule has 1 N–H and O–H groups in total. The van der Waals surface area contributed by atoms with Crippen molar-refractivity contribution in [1.82, 2.24) is 5.32 Å². The molecule has 2 heteroatoms. The van der Waals surface area contributed by atoms with Crippen LogP contribution in [0.3, 0.4) is 0 Å². The lowest BCUT2D eigenvalue weighted by atomic mass is 9.98. The van der Waals surface area contributed by atoms with Crippen molar-refractivity contribution in [3.63, 3.8) is 0 Å². The van der Waals surface area contributed by atoms with E-state index in [4.69, 9.17) is 11.6 Å². The number of halogens is 1. The first-order valence-electron chi connectivity index (χ1n) is 6.18. The highest BCUT2D eigenvalue weighted by atomic mass is 35.5. The first kappa shape index (κ1) is 13.1. The fraction of sp³-hybridized carbons (Fsp3) is 0.250. The van der Waals surface area contributed by atoms with Crippen molar-refractivity contribution in [3.8, 4) is 0 Å². The summed E-state index contributed by atoms with van der Waals surface area (Å²) < 4.78 is 0. The second-order valence-electron chi connectivity index (χ2n) is 4.55. The molecule has 2 aromatic rings. The Morgan fingerprint density at radius 1 is 1.11 bits per heavy atom. The quantitative estimate of drug-likeness (QED) is 0.870. The van der Waals surface area contributed by atoms with Crippen LogP contribution in [-0.4, -0.2) is 7.05 Å². The molecule has 0 aromatic heterocycles. The van der Waals surface area contributed by atoms with Crippen LogP contribution in [0.4, 0.5) is 0 Å². The molecule has 0 spiro atoms. The minimum atomic E-state index is 0.296. The number of nitrogens with one attached hydrogen (secondary N) is 1. The molecule has 1 atom stereocenters. The third-order valence-corrected chi connectivity index (χ3v) is 3.54. The maximum atomic E-state index is 6.22. The summed E-state index contributed by atoms with van der Waals surface area (Å²) in [4.78, 5) is 0. The van der Waals surface area contributed by atoms with E-state index < -0.39 is 0 Å². The average Bonchev–Trinajstić information content (AvgIpc) is 2.38. The van der Waals surface area contributed by atoms with Gasteiger partial charge in [-0.3, -0.25) is 0 Å². The molecule has 0 fully saturated rings. The van der Waals surface area contributed by atoms with Crippen LogP contribution < -0.4 is 5.32 Å². The molecule has 18 heavy (non-hydrogen) atoms. The molecule has 0 aliphatic carbocycles. The summed E-state index contributed by atoms with van der Waals surface area (Å²) in [7, 11) is 1.99. The number of aryl methyl sites for hydroxylation is 1. The highest BCUT2D eigenvalue weighted by Gasteiger charge is 2.11. The number of likely N-dealkylation sites (N-methyl/N-ethyl adjacent to an activating group) is 1. The zero-order valence-corrected chi connectivity index (χ0v) is 11.5. The van der Waals surface area contributed by atoms with Gasteiger partial charge in [0.25, 0.3) is 0 Å². The predicted molar refractivity (Wildman–Crippen MR) is 78.1 cm³/mol. The molecule has 0 saturated carbocycles. The Morgan fingerprint density at radius 2 is 1.89 bits per heavy atom. The van der Waals surface area contributed by atoms with Gasteiger partial charge in [0.2, 0.25) is 0 Å². The predicted octanol–water partition coefficient (Wildman–Crippen LogP) is 4.15. The lowest BCUT2D eigenvalue weighted by Crippen LogP contribution is -2.19. The van der Waals surface area contributed by atoms with Gasteiger partial charge in [-0.25, -0.2) is 0 Å². The van der Waals surface area contributed by atoms with Crippen molar-refractivity contribution < 1.29 is 0 Å².